The third-order valence-electron chi connectivity index (χ3n) is 3.79. The van der Waals surface area contributed by atoms with Crippen molar-refractivity contribution in [3.8, 4) is 5.75 Å². The number of nitrogens with zero attached hydrogens (tertiary/aromatic N) is 2. The van der Waals surface area contributed by atoms with E-state index in [4.69, 9.17) is 4.74 Å². The van der Waals surface area contributed by atoms with Gasteiger partial charge in [-0.25, -0.2) is 9.78 Å². The predicted molar refractivity (Wildman–Crippen MR) is 87.4 cm³/mol. The molecule has 0 aliphatic carbocycles. The molecule has 0 saturated carbocycles. The molecule has 7 heteroatoms. The highest BCUT2D eigenvalue weighted by Gasteiger charge is 2.27. The molecular formula is C16H19N3O3S. The smallest absolute Gasteiger partial charge is 0.318 e. The Labute approximate surface area is 138 Å². The molecule has 1 aromatic carbocycles. The van der Waals surface area contributed by atoms with E-state index in [1.54, 1.807) is 29.3 Å². The topological polar surface area (TPSA) is 74.7 Å². The van der Waals surface area contributed by atoms with E-state index < -0.39 is 0 Å². The first-order valence-electron chi connectivity index (χ1n) is 7.49. The minimum atomic E-state index is -0.184. The zero-order valence-corrected chi connectivity index (χ0v) is 13.6. The number of rotatable bonds is 3. The van der Waals surface area contributed by atoms with Crippen LogP contribution in [-0.4, -0.2) is 40.7 Å². The van der Waals surface area contributed by atoms with Crippen molar-refractivity contribution in [2.45, 2.75) is 19.1 Å². The van der Waals surface area contributed by atoms with Gasteiger partial charge in [0.15, 0.2) is 0 Å². The zero-order chi connectivity index (χ0) is 16.2. The van der Waals surface area contributed by atoms with Crippen LogP contribution in [0.1, 0.15) is 29.6 Å². The van der Waals surface area contributed by atoms with Gasteiger partial charge in [0.2, 0.25) is 0 Å². The van der Waals surface area contributed by atoms with Crippen LogP contribution in [0, 0.1) is 0 Å². The van der Waals surface area contributed by atoms with E-state index in [9.17, 15) is 9.90 Å². The Morgan fingerprint density at radius 1 is 1.57 bits per heavy atom. The number of carbonyl (C=O) groups is 1. The maximum atomic E-state index is 12.5. The lowest BCUT2D eigenvalue weighted by atomic mass is 10.1. The number of phenolic OH excluding ortho intramolecular Hbond substituents is 1. The van der Waals surface area contributed by atoms with Crippen LogP contribution in [0.2, 0.25) is 0 Å². The lowest BCUT2D eigenvalue weighted by molar-refractivity contribution is -0.0158. The number of ether oxygens (including phenoxy) is 1. The molecule has 2 heterocycles. The first-order valence-corrected chi connectivity index (χ1v) is 8.37. The molecule has 1 unspecified atom stereocenters. The van der Waals surface area contributed by atoms with Gasteiger partial charge in [-0.3, -0.25) is 0 Å². The van der Waals surface area contributed by atoms with E-state index >= 15 is 0 Å². The lowest BCUT2D eigenvalue weighted by Gasteiger charge is -2.33. The van der Waals surface area contributed by atoms with E-state index in [-0.39, 0.29) is 23.9 Å². The number of morpholine rings is 1. The molecule has 2 amide bonds. The van der Waals surface area contributed by atoms with Gasteiger partial charge in [-0.05, 0) is 24.6 Å². The number of aromatic nitrogens is 1. The van der Waals surface area contributed by atoms with Crippen molar-refractivity contribution in [2.75, 3.05) is 19.7 Å². The first-order chi connectivity index (χ1) is 11.1. The maximum absolute atomic E-state index is 12.5. The maximum Gasteiger partial charge on any atom is 0.318 e. The van der Waals surface area contributed by atoms with Gasteiger partial charge in [-0.1, -0.05) is 12.1 Å². The van der Waals surface area contributed by atoms with Crippen molar-refractivity contribution in [3.63, 3.8) is 0 Å². The summed E-state index contributed by atoms with van der Waals surface area (Å²) in [5.41, 5.74) is 0.864. The summed E-state index contributed by atoms with van der Waals surface area (Å²) in [6.07, 6.45) is 1.58. The van der Waals surface area contributed by atoms with Gasteiger partial charge in [0.1, 0.15) is 16.9 Å². The van der Waals surface area contributed by atoms with Crippen LogP contribution in [-0.2, 0) is 4.74 Å². The second kappa shape index (κ2) is 6.97. The summed E-state index contributed by atoms with van der Waals surface area (Å²) in [6.45, 7) is 3.44. The number of hydrogen-bond acceptors (Lipinski definition) is 5. The number of benzene rings is 1. The van der Waals surface area contributed by atoms with Crippen LogP contribution in [0.25, 0.3) is 0 Å². The molecule has 2 aromatic rings. The summed E-state index contributed by atoms with van der Waals surface area (Å²) in [5.74, 6) is 0.193. The highest BCUT2D eigenvalue weighted by Crippen LogP contribution is 2.24. The summed E-state index contributed by atoms with van der Waals surface area (Å²) < 4.78 is 5.70. The van der Waals surface area contributed by atoms with Gasteiger partial charge >= 0.3 is 6.03 Å². The van der Waals surface area contributed by atoms with Crippen LogP contribution < -0.4 is 5.32 Å². The molecule has 23 heavy (non-hydrogen) atoms. The summed E-state index contributed by atoms with van der Waals surface area (Å²) >= 11 is 1.53. The Balaban J connectivity index is 1.61. The fourth-order valence-corrected chi connectivity index (χ4v) is 3.21. The largest absolute Gasteiger partial charge is 0.508 e. The average Bonchev–Trinajstić information content (AvgIpc) is 3.09. The van der Waals surface area contributed by atoms with Gasteiger partial charge in [0.25, 0.3) is 0 Å². The van der Waals surface area contributed by atoms with Crippen LogP contribution >= 0.6 is 11.3 Å². The van der Waals surface area contributed by atoms with Crippen molar-refractivity contribution < 1.29 is 14.6 Å². The average molecular weight is 333 g/mol. The van der Waals surface area contributed by atoms with Crippen molar-refractivity contribution in [2.24, 2.45) is 0 Å². The van der Waals surface area contributed by atoms with E-state index in [1.165, 1.54) is 11.3 Å². The highest BCUT2D eigenvalue weighted by molar-refractivity contribution is 7.09. The minimum Gasteiger partial charge on any atom is -0.508 e. The third kappa shape index (κ3) is 3.80. The summed E-state index contributed by atoms with van der Waals surface area (Å²) in [5, 5.41) is 15.3. The molecule has 122 valence electrons. The van der Waals surface area contributed by atoms with E-state index in [0.29, 0.717) is 19.7 Å². The van der Waals surface area contributed by atoms with Gasteiger partial charge in [-0.2, -0.15) is 0 Å². The quantitative estimate of drug-likeness (QED) is 0.905. The molecule has 1 fully saturated rings. The van der Waals surface area contributed by atoms with E-state index in [1.807, 2.05) is 18.4 Å². The molecule has 1 aliphatic rings. The lowest BCUT2D eigenvalue weighted by Crippen LogP contribution is -2.47. The Hall–Kier alpha value is -2.12. The second-order valence-corrected chi connectivity index (χ2v) is 6.37. The monoisotopic (exact) mass is 333 g/mol. The molecule has 0 radical (unpaired) electrons. The molecule has 3 rings (SSSR count). The Bertz CT molecular complexity index is 662. The number of aromatic hydroxyl groups is 1. The number of nitrogens with one attached hydrogen (secondary N) is 1. The summed E-state index contributed by atoms with van der Waals surface area (Å²) in [7, 11) is 0. The highest BCUT2D eigenvalue weighted by atomic mass is 32.1. The molecule has 6 nitrogen and oxygen atoms in total. The van der Waals surface area contributed by atoms with E-state index in [2.05, 4.69) is 10.3 Å². The van der Waals surface area contributed by atoms with Gasteiger partial charge in [0.05, 0.1) is 19.2 Å². The van der Waals surface area contributed by atoms with Crippen LogP contribution in [0.4, 0.5) is 4.79 Å². The molecule has 1 saturated heterocycles. The van der Waals surface area contributed by atoms with Crippen LogP contribution in [0.15, 0.2) is 35.8 Å². The normalized spacial score (nSPS) is 19.3. The van der Waals surface area contributed by atoms with Crippen molar-refractivity contribution in [1.82, 2.24) is 15.2 Å². The molecule has 0 spiro atoms. The van der Waals surface area contributed by atoms with Crippen molar-refractivity contribution in [1.29, 1.82) is 0 Å². The summed E-state index contributed by atoms with van der Waals surface area (Å²) in [4.78, 5) is 18.5. The fraction of sp³-hybridized carbons (Fsp3) is 0.375. The van der Waals surface area contributed by atoms with Crippen molar-refractivity contribution >= 4 is 17.4 Å². The third-order valence-corrected chi connectivity index (χ3v) is 4.66. The van der Waals surface area contributed by atoms with Gasteiger partial charge in [-0.15, -0.1) is 11.3 Å². The van der Waals surface area contributed by atoms with Gasteiger partial charge < -0.3 is 20.1 Å². The SMILES string of the molecule is C[C@@H](NC(=O)N1CCOC(c2nccs2)C1)c1cccc(O)c1. The zero-order valence-electron chi connectivity index (χ0n) is 12.8. The van der Waals surface area contributed by atoms with Crippen molar-refractivity contribution in [3.05, 3.63) is 46.4 Å². The number of thiazole rings is 1. The number of amides is 2. The Morgan fingerprint density at radius 2 is 2.43 bits per heavy atom. The number of carbonyl (C=O) groups excluding carboxylic acids is 1. The minimum absolute atomic E-state index is 0.134. The molecular weight excluding hydrogens is 314 g/mol. The number of hydrogen-bond donors (Lipinski definition) is 2. The standard InChI is InChI=1S/C16H19N3O3S/c1-11(12-3-2-4-13(20)9-12)18-16(21)19-6-7-22-14(10-19)15-17-5-8-23-15/h2-5,8-9,11,14,20H,6-7,10H2,1H3,(H,18,21)/t11-,14?/m1/s1. The molecule has 1 aliphatic heterocycles. The predicted octanol–water partition coefficient (Wildman–Crippen LogP) is 2.69. The Kier molecular flexibility index (Phi) is 4.78. The second-order valence-electron chi connectivity index (χ2n) is 5.44. The van der Waals surface area contributed by atoms with Crippen LogP contribution in [0.5, 0.6) is 5.75 Å². The van der Waals surface area contributed by atoms with Crippen LogP contribution in [0.3, 0.4) is 0 Å². The molecule has 2 atom stereocenters. The number of urea groups is 1. The molecule has 1 aromatic heterocycles. The fourth-order valence-electron chi connectivity index (χ4n) is 2.53. The Morgan fingerprint density at radius 3 is 3.17 bits per heavy atom. The van der Waals surface area contributed by atoms with Gasteiger partial charge in [0, 0.05) is 18.1 Å². The van der Waals surface area contributed by atoms with E-state index in [0.717, 1.165) is 10.6 Å². The summed E-state index contributed by atoms with van der Waals surface area (Å²) in [6, 6.07) is 6.59. The molecule has 2 N–H and O–H groups in total. The number of phenols is 1. The first kappa shape index (κ1) is 15.8. The molecule has 0 bridgehead atoms.